The fourth-order valence-electron chi connectivity index (χ4n) is 2.67. The molecule has 0 saturated heterocycles. The van der Waals surface area contributed by atoms with Crippen LogP contribution < -0.4 is 10.1 Å². The lowest BCUT2D eigenvalue weighted by atomic mass is 10.1. The van der Waals surface area contributed by atoms with Crippen LogP contribution in [0.5, 0.6) is 5.75 Å². The Bertz CT molecular complexity index is 899. The Labute approximate surface area is 159 Å². The summed E-state index contributed by atoms with van der Waals surface area (Å²) in [5.41, 5.74) is 3.11. The molecule has 0 amide bonds. The summed E-state index contributed by atoms with van der Waals surface area (Å²) in [4.78, 5) is 17.0. The SMILES string of the molecule is CCCC(=O)n1nc(-c2ccc(C)cc2)nc1NCc1ccc(OC)cc1. The normalized spacial score (nSPS) is 10.6. The van der Waals surface area contributed by atoms with Gasteiger partial charge in [0.1, 0.15) is 5.75 Å². The maximum atomic E-state index is 12.5. The molecule has 1 N–H and O–H groups in total. The van der Waals surface area contributed by atoms with Crippen LogP contribution in [0.25, 0.3) is 11.4 Å². The van der Waals surface area contributed by atoms with E-state index < -0.39 is 0 Å². The van der Waals surface area contributed by atoms with Gasteiger partial charge in [0.05, 0.1) is 7.11 Å². The maximum absolute atomic E-state index is 12.5. The summed E-state index contributed by atoms with van der Waals surface area (Å²) < 4.78 is 6.56. The predicted octanol–water partition coefficient (Wildman–Crippen LogP) is 4.31. The summed E-state index contributed by atoms with van der Waals surface area (Å²) >= 11 is 0. The molecule has 0 aliphatic rings. The lowest BCUT2D eigenvalue weighted by molar-refractivity contribution is 0.0888. The van der Waals surface area contributed by atoms with Crippen molar-refractivity contribution in [2.24, 2.45) is 0 Å². The van der Waals surface area contributed by atoms with Crippen LogP contribution in [-0.4, -0.2) is 27.8 Å². The van der Waals surface area contributed by atoms with Gasteiger partial charge in [-0.25, -0.2) is 0 Å². The zero-order valence-electron chi connectivity index (χ0n) is 15.9. The molecule has 140 valence electrons. The van der Waals surface area contributed by atoms with Crippen LogP contribution in [-0.2, 0) is 6.54 Å². The van der Waals surface area contributed by atoms with Crippen LogP contribution in [0.15, 0.2) is 48.5 Å². The Morgan fingerprint density at radius 3 is 2.44 bits per heavy atom. The van der Waals surface area contributed by atoms with Crippen LogP contribution in [0.4, 0.5) is 5.95 Å². The molecule has 3 rings (SSSR count). The van der Waals surface area contributed by atoms with E-state index in [0.29, 0.717) is 24.7 Å². The zero-order valence-corrected chi connectivity index (χ0v) is 15.9. The van der Waals surface area contributed by atoms with Gasteiger partial charge in [0, 0.05) is 18.5 Å². The molecule has 0 aliphatic heterocycles. The third-order valence-electron chi connectivity index (χ3n) is 4.23. The molecule has 0 fully saturated rings. The first-order chi connectivity index (χ1) is 13.1. The van der Waals surface area contributed by atoms with E-state index in [1.165, 1.54) is 4.68 Å². The number of nitrogens with zero attached hydrogens (tertiary/aromatic N) is 3. The van der Waals surface area contributed by atoms with Gasteiger partial charge in [-0.1, -0.05) is 48.9 Å². The first-order valence-corrected chi connectivity index (χ1v) is 9.05. The Balaban J connectivity index is 1.84. The minimum atomic E-state index is -0.0689. The summed E-state index contributed by atoms with van der Waals surface area (Å²) in [6.45, 7) is 4.54. The average molecular weight is 364 g/mol. The highest BCUT2D eigenvalue weighted by Crippen LogP contribution is 2.20. The number of carbonyl (C=O) groups excluding carboxylic acids is 1. The fourth-order valence-corrected chi connectivity index (χ4v) is 2.67. The number of rotatable bonds is 7. The molecule has 1 aromatic heterocycles. The largest absolute Gasteiger partial charge is 0.497 e. The van der Waals surface area contributed by atoms with Crippen molar-refractivity contribution in [1.82, 2.24) is 14.8 Å². The van der Waals surface area contributed by atoms with E-state index in [1.807, 2.05) is 62.4 Å². The number of methoxy groups -OCH3 is 1. The van der Waals surface area contributed by atoms with Gasteiger partial charge < -0.3 is 10.1 Å². The molecule has 2 aromatic carbocycles. The van der Waals surface area contributed by atoms with Crippen LogP contribution in [0.1, 0.15) is 35.7 Å². The van der Waals surface area contributed by atoms with Crippen LogP contribution in [0.3, 0.4) is 0 Å². The molecule has 6 nitrogen and oxygen atoms in total. The summed E-state index contributed by atoms with van der Waals surface area (Å²) in [5, 5.41) is 7.68. The summed E-state index contributed by atoms with van der Waals surface area (Å²) in [6, 6.07) is 15.7. The van der Waals surface area contributed by atoms with E-state index >= 15 is 0 Å². The minimum Gasteiger partial charge on any atom is -0.497 e. The lowest BCUT2D eigenvalue weighted by Crippen LogP contribution is -2.16. The van der Waals surface area contributed by atoms with Crippen LogP contribution >= 0.6 is 0 Å². The lowest BCUT2D eigenvalue weighted by Gasteiger charge is -2.07. The molecule has 0 spiro atoms. The van der Waals surface area contributed by atoms with Crippen molar-refractivity contribution in [1.29, 1.82) is 0 Å². The number of ether oxygens (including phenoxy) is 1. The molecule has 0 radical (unpaired) electrons. The first-order valence-electron chi connectivity index (χ1n) is 9.05. The number of hydrogen-bond acceptors (Lipinski definition) is 5. The van der Waals surface area contributed by atoms with Gasteiger partial charge in [0.2, 0.25) is 11.9 Å². The van der Waals surface area contributed by atoms with Gasteiger partial charge in [-0.15, -0.1) is 5.10 Å². The van der Waals surface area contributed by atoms with Gasteiger partial charge >= 0.3 is 0 Å². The second-order valence-corrected chi connectivity index (χ2v) is 6.38. The van der Waals surface area contributed by atoms with Crippen molar-refractivity contribution in [3.05, 3.63) is 59.7 Å². The van der Waals surface area contributed by atoms with Gasteiger partial charge in [0.15, 0.2) is 5.82 Å². The summed E-state index contributed by atoms with van der Waals surface area (Å²) in [7, 11) is 1.64. The molecule has 27 heavy (non-hydrogen) atoms. The van der Waals surface area contributed by atoms with Crippen molar-refractivity contribution in [3.63, 3.8) is 0 Å². The second kappa shape index (κ2) is 8.49. The number of aromatic nitrogens is 3. The van der Waals surface area contributed by atoms with Gasteiger partial charge in [-0.3, -0.25) is 4.79 Å². The van der Waals surface area contributed by atoms with Crippen molar-refractivity contribution in [3.8, 4) is 17.1 Å². The standard InChI is InChI=1S/C21H24N4O2/c1-4-5-19(26)25-21(22-14-16-8-12-18(27-3)13-9-16)23-20(24-25)17-10-6-15(2)7-11-17/h6-13H,4-5,14H2,1-3H3,(H,22,23,24). The van der Waals surface area contributed by atoms with E-state index in [9.17, 15) is 4.79 Å². The summed E-state index contributed by atoms with van der Waals surface area (Å²) in [6.07, 6.45) is 1.18. The highest BCUT2D eigenvalue weighted by Gasteiger charge is 2.16. The van der Waals surface area contributed by atoms with E-state index in [0.717, 1.165) is 28.9 Å². The number of anilines is 1. The van der Waals surface area contributed by atoms with Crippen LogP contribution in [0.2, 0.25) is 0 Å². The minimum absolute atomic E-state index is 0.0689. The van der Waals surface area contributed by atoms with Crippen molar-refractivity contribution >= 4 is 11.9 Å². The number of nitrogens with one attached hydrogen (secondary N) is 1. The van der Waals surface area contributed by atoms with E-state index in [-0.39, 0.29) is 5.91 Å². The molecule has 1 heterocycles. The van der Waals surface area contributed by atoms with E-state index in [2.05, 4.69) is 15.4 Å². The van der Waals surface area contributed by atoms with E-state index in [4.69, 9.17) is 4.74 Å². The smallest absolute Gasteiger partial charge is 0.250 e. The Hall–Kier alpha value is -3.15. The number of aryl methyl sites for hydroxylation is 1. The van der Waals surface area contributed by atoms with Gasteiger partial charge in [-0.05, 0) is 31.0 Å². The monoisotopic (exact) mass is 364 g/mol. The molecule has 6 heteroatoms. The average Bonchev–Trinajstić information content (AvgIpc) is 3.12. The predicted molar refractivity (Wildman–Crippen MR) is 106 cm³/mol. The molecule has 0 bridgehead atoms. The Morgan fingerprint density at radius 2 is 1.81 bits per heavy atom. The Morgan fingerprint density at radius 1 is 1.11 bits per heavy atom. The fraction of sp³-hybridized carbons (Fsp3) is 0.286. The van der Waals surface area contributed by atoms with E-state index in [1.54, 1.807) is 7.11 Å². The molecule has 0 aliphatic carbocycles. The summed E-state index contributed by atoms with van der Waals surface area (Å²) in [5.74, 6) is 1.74. The van der Waals surface area contributed by atoms with Gasteiger partial charge in [-0.2, -0.15) is 9.67 Å². The molecular formula is C21H24N4O2. The molecule has 0 saturated carbocycles. The first kappa shape index (κ1) is 18.6. The maximum Gasteiger partial charge on any atom is 0.250 e. The molecule has 0 atom stereocenters. The topological polar surface area (TPSA) is 69.0 Å². The third kappa shape index (κ3) is 4.53. The number of hydrogen-bond donors (Lipinski definition) is 1. The second-order valence-electron chi connectivity index (χ2n) is 6.38. The zero-order chi connectivity index (χ0) is 19.2. The van der Waals surface area contributed by atoms with Crippen LogP contribution in [0, 0.1) is 6.92 Å². The van der Waals surface area contributed by atoms with Crippen molar-refractivity contribution in [2.45, 2.75) is 33.2 Å². The highest BCUT2D eigenvalue weighted by atomic mass is 16.5. The van der Waals surface area contributed by atoms with Gasteiger partial charge in [0.25, 0.3) is 0 Å². The molecular weight excluding hydrogens is 340 g/mol. The number of carbonyl (C=O) groups is 1. The molecule has 0 unspecified atom stereocenters. The number of benzene rings is 2. The van der Waals surface area contributed by atoms with Crippen molar-refractivity contribution in [2.75, 3.05) is 12.4 Å². The third-order valence-corrected chi connectivity index (χ3v) is 4.23. The highest BCUT2D eigenvalue weighted by molar-refractivity contribution is 5.81. The van der Waals surface area contributed by atoms with Crippen molar-refractivity contribution < 1.29 is 9.53 Å². The Kier molecular flexibility index (Phi) is 5.86. The molecule has 3 aromatic rings. The quantitative estimate of drug-likeness (QED) is 0.676.